The summed E-state index contributed by atoms with van der Waals surface area (Å²) in [4.78, 5) is 5.31. The van der Waals surface area contributed by atoms with Gasteiger partial charge >= 0.3 is 0 Å². The number of aromatic nitrogens is 1. The first-order chi connectivity index (χ1) is 8.97. The lowest BCUT2D eigenvalue weighted by atomic mass is 10.2. The number of rotatable bonds is 3. The second-order valence-electron chi connectivity index (χ2n) is 3.90. The minimum atomic E-state index is -0.00457. The van der Waals surface area contributed by atoms with Crippen molar-refractivity contribution in [3.63, 3.8) is 0 Å². The minimum absolute atomic E-state index is 0.00457. The van der Waals surface area contributed by atoms with Crippen molar-refractivity contribution >= 4 is 40.8 Å². The first-order valence-electron chi connectivity index (χ1n) is 5.42. The van der Waals surface area contributed by atoms with E-state index in [0.29, 0.717) is 20.6 Å². The molecule has 0 fully saturated rings. The standard InChI is InChI=1S/C13H11Cl2N3S/c1-7-2-4-9(12(16)17)13(18-7)19-8-3-5-10(14)11(15)6-8/h2-6H,1H3,(H3,16,17). The van der Waals surface area contributed by atoms with E-state index < -0.39 is 0 Å². The summed E-state index contributed by atoms with van der Waals surface area (Å²) < 4.78 is 0. The van der Waals surface area contributed by atoms with E-state index in [1.165, 1.54) is 11.8 Å². The molecule has 0 unspecified atom stereocenters. The van der Waals surface area contributed by atoms with Gasteiger partial charge in [-0.1, -0.05) is 35.0 Å². The lowest BCUT2D eigenvalue weighted by Crippen LogP contribution is -2.13. The van der Waals surface area contributed by atoms with Crippen LogP contribution in [0.5, 0.6) is 0 Å². The molecular weight excluding hydrogens is 301 g/mol. The summed E-state index contributed by atoms with van der Waals surface area (Å²) in [6, 6.07) is 8.98. The maximum absolute atomic E-state index is 7.57. The zero-order valence-corrected chi connectivity index (χ0v) is 12.4. The number of hydrogen-bond acceptors (Lipinski definition) is 3. The summed E-state index contributed by atoms with van der Waals surface area (Å²) in [5.41, 5.74) is 7.04. The molecule has 0 radical (unpaired) electrons. The summed E-state index contributed by atoms with van der Waals surface area (Å²) in [5, 5.41) is 9.25. The Morgan fingerprint density at radius 2 is 1.95 bits per heavy atom. The number of amidine groups is 1. The van der Waals surface area contributed by atoms with Crippen LogP contribution in [0.1, 0.15) is 11.3 Å². The fourth-order valence-corrected chi connectivity index (χ4v) is 2.84. The predicted molar refractivity (Wildman–Crippen MR) is 80.6 cm³/mol. The van der Waals surface area contributed by atoms with Crippen molar-refractivity contribution in [2.75, 3.05) is 0 Å². The summed E-state index contributed by atoms with van der Waals surface area (Å²) >= 11 is 13.3. The maximum Gasteiger partial charge on any atom is 0.125 e. The molecule has 2 rings (SSSR count). The van der Waals surface area contributed by atoms with Crippen LogP contribution in [0.25, 0.3) is 0 Å². The first kappa shape index (κ1) is 14.2. The SMILES string of the molecule is Cc1ccc(C(=N)N)c(Sc2ccc(Cl)c(Cl)c2)n1. The molecule has 2 aromatic rings. The van der Waals surface area contributed by atoms with Crippen LogP contribution in [-0.2, 0) is 0 Å². The lowest BCUT2D eigenvalue weighted by Gasteiger charge is -2.08. The summed E-state index contributed by atoms with van der Waals surface area (Å²) in [6.45, 7) is 1.89. The summed E-state index contributed by atoms with van der Waals surface area (Å²) in [5.74, 6) is -0.00457. The number of halogens is 2. The molecule has 0 aliphatic carbocycles. The first-order valence-corrected chi connectivity index (χ1v) is 6.99. The van der Waals surface area contributed by atoms with E-state index >= 15 is 0 Å². The highest BCUT2D eigenvalue weighted by atomic mass is 35.5. The average molecular weight is 312 g/mol. The van der Waals surface area contributed by atoms with Gasteiger partial charge in [0.05, 0.1) is 10.0 Å². The number of nitrogens with one attached hydrogen (secondary N) is 1. The molecule has 0 amide bonds. The number of aryl methyl sites for hydroxylation is 1. The van der Waals surface area contributed by atoms with E-state index in [2.05, 4.69) is 4.98 Å². The number of pyridine rings is 1. The van der Waals surface area contributed by atoms with E-state index in [9.17, 15) is 0 Å². The molecule has 0 aliphatic rings. The summed E-state index contributed by atoms with van der Waals surface area (Å²) in [6.07, 6.45) is 0. The van der Waals surface area contributed by atoms with Gasteiger partial charge in [-0.2, -0.15) is 0 Å². The van der Waals surface area contributed by atoms with Gasteiger partial charge in [-0.15, -0.1) is 0 Å². The number of nitrogens with two attached hydrogens (primary N) is 1. The second kappa shape index (κ2) is 5.82. The van der Waals surface area contributed by atoms with Crippen molar-refractivity contribution in [2.45, 2.75) is 16.8 Å². The van der Waals surface area contributed by atoms with E-state index in [1.54, 1.807) is 18.2 Å². The van der Waals surface area contributed by atoms with Crippen LogP contribution in [-0.4, -0.2) is 10.8 Å². The van der Waals surface area contributed by atoms with Gasteiger partial charge in [-0.05, 0) is 37.3 Å². The fraction of sp³-hybridized carbons (Fsp3) is 0.0769. The number of nitrogens with zero attached hydrogens (tertiary/aromatic N) is 1. The van der Waals surface area contributed by atoms with E-state index in [4.69, 9.17) is 34.3 Å². The quantitative estimate of drug-likeness (QED) is 0.661. The molecule has 1 aromatic carbocycles. The van der Waals surface area contributed by atoms with E-state index in [0.717, 1.165) is 10.6 Å². The van der Waals surface area contributed by atoms with Gasteiger partial charge in [-0.25, -0.2) is 4.98 Å². The van der Waals surface area contributed by atoms with Crippen molar-refractivity contribution in [3.8, 4) is 0 Å². The molecule has 0 atom stereocenters. The molecule has 0 spiro atoms. The Hall–Kier alpha value is -1.23. The molecule has 0 saturated heterocycles. The molecule has 0 saturated carbocycles. The van der Waals surface area contributed by atoms with Crippen LogP contribution in [0.15, 0.2) is 40.3 Å². The van der Waals surface area contributed by atoms with Gasteiger partial charge in [0.1, 0.15) is 10.9 Å². The van der Waals surface area contributed by atoms with Crippen LogP contribution in [0.3, 0.4) is 0 Å². The Labute approximate surface area is 125 Å². The largest absolute Gasteiger partial charge is 0.384 e. The van der Waals surface area contributed by atoms with Crippen molar-refractivity contribution in [1.82, 2.24) is 4.98 Å². The van der Waals surface area contributed by atoms with Gasteiger partial charge in [0, 0.05) is 16.2 Å². The molecule has 3 N–H and O–H groups in total. The van der Waals surface area contributed by atoms with Crippen molar-refractivity contribution in [2.24, 2.45) is 5.73 Å². The third-order valence-electron chi connectivity index (χ3n) is 2.40. The second-order valence-corrected chi connectivity index (χ2v) is 5.77. The monoisotopic (exact) mass is 311 g/mol. The number of benzene rings is 1. The Kier molecular flexibility index (Phi) is 4.34. The van der Waals surface area contributed by atoms with Crippen LogP contribution in [0.2, 0.25) is 10.0 Å². The zero-order valence-electron chi connectivity index (χ0n) is 10.1. The topological polar surface area (TPSA) is 62.8 Å². The molecule has 1 heterocycles. The van der Waals surface area contributed by atoms with Crippen LogP contribution < -0.4 is 5.73 Å². The highest BCUT2D eigenvalue weighted by Crippen LogP contribution is 2.33. The molecule has 1 aromatic heterocycles. The maximum atomic E-state index is 7.57. The molecule has 3 nitrogen and oxygen atoms in total. The predicted octanol–water partition coefficient (Wildman–Crippen LogP) is 4.13. The normalized spacial score (nSPS) is 10.5. The molecule has 98 valence electrons. The zero-order chi connectivity index (χ0) is 14.0. The Balaban J connectivity index is 2.39. The van der Waals surface area contributed by atoms with Gasteiger partial charge in [0.15, 0.2) is 0 Å². The fourth-order valence-electron chi connectivity index (χ4n) is 1.47. The molecule has 6 heteroatoms. The number of hydrogen-bond donors (Lipinski definition) is 2. The van der Waals surface area contributed by atoms with Crippen LogP contribution in [0, 0.1) is 12.3 Å². The summed E-state index contributed by atoms with van der Waals surface area (Å²) in [7, 11) is 0. The van der Waals surface area contributed by atoms with Crippen LogP contribution >= 0.6 is 35.0 Å². The van der Waals surface area contributed by atoms with Crippen molar-refractivity contribution < 1.29 is 0 Å². The van der Waals surface area contributed by atoms with Crippen molar-refractivity contribution in [3.05, 3.63) is 51.6 Å². The number of nitrogen functional groups attached to an aromatic ring is 1. The highest BCUT2D eigenvalue weighted by molar-refractivity contribution is 7.99. The third-order valence-corrected chi connectivity index (χ3v) is 4.13. The average Bonchev–Trinajstić information content (AvgIpc) is 2.33. The van der Waals surface area contributed by atoms with E-state index in [1.807, 2.05) is 19.1 Å². The Morgan fingerprint density at radius 1 is 1.21 bits per heavy atom. The van der Waals surface area contributed by atoms with Gasteiger partial charge in [0.2, 0.25) is 0 Å². The molecule has 0 bridgehead atoms. The van der Waals surface area contributed by atoms with E-state index in [-0.39, 0.29) is 5.84 Å². The van der Waals surface area contributed by atoms with Crippen molar-refractivity contribution in [1.29, 1.82) is 5.41 Å². The van der Waals surface area contributed by atoms with Gasteiger partial charge < -0.3 is 5.73 Å². The molecule has 0 aliphatic heterocycles. The molecule has 19 heavy (non-hydrogen) atoms. The van der Waals surface area contributed by atoms with Crippen LogP contribution in [0.4, 0.5) is 0 Å². The smallest absolute Gasteiger partial charge is 0.125 e. The van der Waals surface area contributed by atoms with Gasteiger partial charge in [0.25, 0.3) is 0 Å². The minimum Gasteiger partial charge on any atom is -0.384 e. The third kappa shape index (κ3) is 3.41. The van der Waals surface area contributed by atoms with Gasteiger partial charge in [-0.3, -0.25) is 5.41 Å². The molecular formula is C13H11Cl2N3S. The Morgan fingerprint density at radius 3 is 2.58 bits per heavy atom. The highest BCUT2D eigenvalue weighted by Gasteiger charge is 2.10. The lowest BCUT2D eigenvalue weighted by molar-refractivity contribution is 1.05. The Bertz CT molecular complexity index is 644.